The molecule has 0 saturated carbocycles. The number of carbonyl (C=O) groups is 2. The van der Waals surface area contributed by atoms with Crippen molar-refractivity contribution in [2.75, 3.05) is 10.6 Å². The van der Waals surface area contributed by atoms with Gasteiger partial charge in [0.25, 0.3) is 0 Å². The maximum absolute atomic E-state index is 13.3. The van der Waals surface area contributed by atoms with Gasteiger partial charge in [0.05, 0.1) is 10.9 Å². The lowest BCUT2D eigenvalue weighted by Crippen LogP contribution is -2.30. The number of carbonyl (C=O) groups excluding carboxylic acids is 2. The molecule has 3 rings (SSSR count). The van der Waals surface area contributed by atoms with Gasteiger partial charge in [-0.25, -0.2) is 8.78 Å². The first-order valence-corrected chi connectivity index (χ1v) is 7.17. The highest BCUT2D eigenvalue weighted by molar-refractivity contribution is 6.31. The SMILES string of the molecule is O=C1C[C@H](C(=O)Nc2ccc(F)c(Cl)c2)c2ccc(F)cc2N1. The number of nitrogens with one attached hydrogen (secondary N) is 2. The number of hydrogen-bond donors (Lipinski definition) is 2. The second-order valence-electron chi connectivity index (χ2n) is 5.15. The number of hydrogen-bond acceptors (Lipinski definition) is 2. The molecule has 1 heterocycles. The Balaban J connectivity index is 1.87. The van der Waals surface area contributed by atoms with Crippen LogP contribution in [0.4, 0.5) is 20.2 Å². The Morgan fingerprint density at radius 1 is 1.22 bits per heavy atom. The van der Waals surface area contributed by atoms with Gasteiger partial charge >= 0.3 is 0 Å². The van der Waals surface area contributed by atoms with Crippen LogP contribution in [-0.4, -0.2) is 11.8 Å². The zero-order valence-corrected chi connectivity index (χ0v) is 12.5. The van der Waals surface area contributed by atoms with Crippen molar-refractivity contribution in [3.63, 3.8) is 0 Å². The smallest absolute Gasteiger partial charge is 0.232 e. The summed E-state index contributed by atoms with van der Waals surface area (Å²) in [5.74, 6) is -2.68. The summed E-state index contributed by atoms with van der Waals surface area (Å²) in [5.41, 5.74) is 1.12. The van der Waals surface area contributed by atoms with E-state index in [4.69, 9.17) is 11.6 Å². The third-order valence-electron chi connectivity index (χ3n) is 3.56. The molecule has 2 aromatic carbocycles. The van der Waals surface area contributed by atoms with Crippen LogP contribution in [0.25, 0.3) is 0 Å². The Bertz CT molecular complexity index is 811. The number of anilines is 2. The number of amides is 2. The molecule has 0 fully saturated rings. The van der Waals surface area contributed by atoms with Crippen LogP contribution in [0.3, 0.4) is 0 Å². The van der Waals surface area contributed by atoms with Gasteiger partial charge in [-0.2, -0.15) is 0 Å². The van der Waals surface area contributed by atoms with Gasteiger partial charge in [-0.05, 0) is 35.9 Å². The summed E-state index contributed by atoms with van der Waals surface area (Å²) < 4.78 is 26.4. The molecule has 23 heavy (non-hydrogen) atoms. The lowest BCUT2D eigenvalue weighted by atomic mass is 9.89. The lowest BCUT2D eigenvalue weighted by Gasteiger charge is -2.25. The first kappa shape index (κ1) is 15.4. The summed E-state index contributed by atoms with van der Waals surface area (Å²) >= 11 is 5.67. The molecule has 1 atom stereocenters. The van der Waals surface area contributed by atoms with Crippen LogP contribution in [0.15, 0.2) is 36.4 Å². The predicted molar refractivity (Wildman–Crippen MR) is 82.4 cm³/mol. The Morgan fingerprint density at radius 2 is 2.00 bits per heavy atom. The topological polar surface area (TPSA) is 58.2 Å². The number of fused-ring (bicyclic) bond motifs is 1. The van der Waals surface area contributed by atoms with Crippen LogP contribution in [0, 0.1) is 11.6 Å². The average Bonchev–Trinajstić information content (AvgIpc) is 2.49. The van der Waals surface area contributed by atoms with Crippen LogP contribution in [0.5, 0.6) is 0 Å². The number of rotatable bonds is 2. The van der Waals surface area contributed by atoms with Gasteiger partial charge in [0.15, 0.2) is 0 Å². The van der Waals surface area contributed by atoms with Crippen molar-refractivity contribution < 1.29 is 18.4 Å². The van der Waals surface area contributed by atoms with Crippen LogP contribution < -0.4 is 10.6 Å². The van der Waals surface area contributed by atoms with Gasteiger partial charge in [0, 0.05) is 17.8 Å². The van der Waals surface area contributed by atoms with Crippen LogP contribution >= 0.6 is 11.6 Å². The minimum Gasteiger partial charge on any atom is -0.326 e. The quantitative estimate of drug-likeness (QED) is 0.879. The van der Waals surface area contributed by atoms with E-state index >= 15 is 0 Å². The molecule has 0 radical (unpaired) electrons. The van der Waals surface area contributed by atoms with Crippen LogP contribution in [-0.2, 0) is 9.59 Å². The maximum atomic E-state index is 13.3. The van der Waals surface area contributed by atoms with Crippen molar-refractivity contribution in [2.24, 2.45) is 0 Å². The standard InChI is InChI=1S/C16H11ClF2N2O2/c17-12-6-9(2-4-13(12)19)20-16(23)11-7-15(22)21-14-5-8(18)1-3-10(11)14/h1-6,11H,7H2,(H,20,23)(H,21,22)/t11-/m0/s1. The summed E-state index contributed by atoms with van der Waals surface area (Å²) in [4.78, 5) is 24.2. The molecule has 1 aliphatic rings. The van der Waals surface area contributed by atoms with E-state index in [-0.39, 0.29) is 23.0 Å². The molecule has 4 nitrogen and oxygen atoms in total. The number of halogens is 3. The Hall–Kier alpha value is -2.47. The molecule has 0 aromatic heterocycles. The molecule has 2 aromatic rings. The Kier molecular flexibility index (Phi) is 4.00. The highest BCUT2D eigenvalue weighted by Crippen LogP contribution is 2.33. The van der Waals surface area contributed by atoms with Crippen molar-refractivity contribution in [3.8, 4) is 0 Å². The zero-order valence-electron chi connectivity index (χ0n) is 11.7. The fraction of sp³-hybridized carbons (Fsp3) is 0.125. The molecular formula is C16H11ClF2N2O2. The normalized spacial score (nSPS) is 16.5. The highest BCUT2D eigenvalue weighted by Gasteiger charge is 2.31. The molecule has 0 aliphatic carbocycles. The highest BCUT2D eigenvalue weighted by atomic mass is 35.5. The zero-order chi connectivity index (χ0) is 16.6. The van der Waals surface area contributed by atoms with Crippen molar-refractivity contribution in [1.29, 1.82) is 0 Å². The van der Waals surface area contributed by atoms with E-state index in [1.54, 1.807) is 0 Å². The van der Waals surface area contributed by atoms with Gasteiger partial charge in [-0.3, -0.25) is 9.59 Å². The fourth-order valence-electron chi connectivity index (χ4n) is 2.47. The third kappa shape index (κ3) is 3.17. The molecule has 118 valence electrons. The van der Waals surface area contributed by atoms with Crippen LogP contribution in [0.2, 0.25) is 5.02 Å². The van der Waals surface area contributed by atoms with Gasteiger partial charge < -0.3 is 10.6 Å². The molecule has 0 saturated heterocycles. The van der Waals surface area contributed by atoms with E-state index in [9.17, 15) is 18.4 Å². The van der Waals surface area contributed by atoms with Gasteiger partial charge in [-0.15, -0.1) is 0 Å². The fourth-order valence-corrected chi connectivity index (χ4v) is 2.65. The minimum absolute atomic E-state index is 0.0562. The average molecular weight is 337 g/mol. The second kappa shape index (κ2) is 5.96. The van der Waals surface area contributed by atoms with E-state index in [0.717, 1.165) is 6.07 Å². The summed E-state index contributed by atoms with van der Waals surface area (Å²) in [6, 6.07) is 7.64. The Labute approximate surface area is 135 Å². The monoisotopic (exact) mass is 336 g/mol. The molecular weight excluding hydrogens is 326 g/mol. The van der Waals surface area contributed by atoms with Crippen molar-refractivity contribution in [3.05, 3.63) is 58.6 Å². The summed E-state index contributed by atoms with van der Waals surface area (Å²) in [7, 11) is 0. The van der Waals surface area contributed by atoms with E-state index in [1.165, 1.54) is 30.3 Å². The van der Waals surface area contributed by atoms with Gasteiger partial charge in [0.2, 0.25) is 11.8 Å². The molecule has 2 amide bonds. The number of benzene rings is 2. The largest absolute Gasteiger partial charge is 0.326 e. The molecule has 2 N–H and O–H groups in total. The summed E-state index contributed by atoms with van der Waals surface area (Å²) in [6.07, 6.45) is -0.0562. The Morgan fingerprint density at radius 3 is 2.74 bits per heavy atom. The van der Waals surface area contributed by atoms with Crippen LogP contribution in [0.1, 0.15) is 17.9 Å². The first-order valence-electron chi connectivity index (χ1n) is 6.79. The summed E-state index contributed by atoms with van der Waals surface area (Å²) in [5, 5.41) is 5.01. The second-order valence-corrected chi connectivity index (χ2v) is 5.56. The van der Waals surface area contributed by atoms with Crippen molar-refractivity contribution in [2.45, 2.75) is 12.3 Å². The molecule has 1 aliphatic heterocycles. The lowest BCUT2D eigenvalue weighted by molar-refractivity contribution is -0.123. The van der Waals surface area contributed by atoms with Gasteiger partial charge in [-0.1, -0.05) is 17.7 Å². The van der Waals surface area contributed by atoms with E-state index in [2.05, 4.69) is 10.6 Å². The van der Waals surface area contributed by atoms with E-state index in [0.29, 0.717) is 11.3 Å². The van der Waals surface area contributed by atoms with Gasteiger partial charge in [0.1, 0.15) is 11.6 Å². The van der Waals surface area contributed by atoms with E-state index in [1.807, 2.05) is 0 Å². The predicted octanol–water partition coefficient (Wildman–Crippen LogP) is 3.68. The molecule has 0 spiro atoms. The molecule has 7 heteroatoms. The molecule has 0 unspecified atom stereocenters. The van der Waals surface area contributed by atoms with Crippen molar-refractivity contribution in [1.82, 2.24) is 0 Å². The molecule has 0 bridgehead atoms. The maximum Gasteiger partial charge on any atom is 0.232 e. The summed E-state index contributed by atoms with van der Waals surface area (Å²) in [6.45, 7) is 0. The van der Waals surface area contributed by atoms with E-state index < -0.39 is 23.5 Å². The minimum atomic E-state index is -0.761. The first-order chi connectivity index (χ1) is 10.9. The third-order valence-corrected chi connectivity index (χ3v) is 3.85. The van der Waals surface area contributed by atoms with Crippen molar-refractivity contribution >= 4 is 34.8 Å².